The largest absolute Gasteiger partial charge is 0.345 e. The molecule has 0 fully saturated rings. The molecule has 0 heterocycles. The second-order valence-corrected chi connectivity index (χ2v) is 8.63. The van der Waals surface area contributed by atoms with E-state index in [-0.39, 0.29) is 5.62 Å². The second kappa shape index (κ2) is 16.3. The van der Waals surface area contributed by atoms with Crippen LogP contribution in [0.25, 0.3) is 0 Å². The maximum Gasteiger partial charge on any atom is 0.345 e. The van der Waals surface area contributed by atoms with Crippen LogP contribution in [0.5, 0.6) is 0 Å². The van der Waals surface area contributed by atoms with Crippen LogP contribution in [0.4, 0.5) is 0 Å². The molecule has 0 unspecified atom stereocenters. The summed E-state index contributed by atoms with van der Waals surface area (Å²) in [4.78, 5) is 0. The van der Waals surface area contributed by atoms with Gasteiger partial charge in [0.15, 0.2) is 0 Å². The van der Waals surface area contributed by atoms with Gasteiger partial charge in [-0.3, -0.25) is 4.57 Å². The third kappa shape index (κ3) is 14.1. The zero-order chi connectivity index (χ0) is 16.5. The van der Waals surface area contributed by atoms with Crippen LogP contribution in [-0.4, -0.2) is 18.8 Å². The smallest absolute Gasteiger partial charge is 0.308 e. The molecular weight excluding hydrogens is 319 g/mol. The molecule has 0 amide bonds. The van der Waals surface area contributed by atoms with Crippen molar-refractivity contribution in [2.75, 3.05) is 18.8 Å². The van der Waals surface area contributed by atoms with Gasteiger partial charge in [-0.25, -0.2) is 0 Å². The highest BCUT2D eigenvalue weighted by Crippen LogP contribution is 2.49. The van der Waals surface area contributed by atoms with Crippen molar-refractivity contribution < 1.29 is 13.6 Å². The highest BCUT2D eigenvalue weighted by molar-refractivity contribution is 7.55. The van der Waals surface area contributed by atoms with Crippen LogP contribution < -0.4 is 0 Å². The highest BCUT2D eigenvalue weighted by Gasteiger charge is 2.22. The van der Waals surface area contributed by atoms with Gasteiger partial charge in [0.25, 0.3) is 0 Å². The van der Waals surface area contributed by atoms with E-state index in [9.17, 15) is 4.57 Å². The maximum absolute atomic E-state index is 12.3. The molecule has 0 saturated carbocycles. The summed E-state index contributed by atoms with van der Waals surface area (Å²) in [6, 6.07) is 0. The lowest BCUT2D eigenvalue weighted by Gasteiger charge is -2.16. The monoisotopic (exact) mass is 354 g/mol. The van der Waals surface area contributed by atoms with E-state index in [1.165, 1.54) is 51.4 Å². The zero-order valence-electron chi connectivity index (χ0n) is 14.7. The molecule has 0 aliphatic heterocycles. The summed E-state index contributed by atoms with van der Waals surface area (Å²) in [5, 5.41) is 0. The van der Waals surface area contributed by atoms with Crippen molar-refractivity contribution in [3.8, 4) is 0 Å². The van der Waals surface area contributed by atoms with Crippen LogP contribution in [0, 0.1) is 0 Å². The lowest BCUT2D eigenvalue weighted by atomic mass is 10.1. The first-order chi connectivity index (χ1) is 10.7. The van der Waals surface area contributed by atoms with E-state index in [1.807, 2.05) is 0 Å². The van der Waals surface area contributed by atoms with Crippen LogP contribution >= 0.6 is 19.2 Å². The first-order valence-corrected chi connectivity index (χ1v) is 11.4. The summed E-state index contributed by atoms with van der Waals surface area (Å²) in [6.07, 6.45) is 14.2. The fourth-order valence-corrected chi connectivity index (χ4v) is 3.72. The number of halogens is 1. The quantitative estimate of drug-likeness (QED) is 0.158. The van der Waals surface area contributed by atoms with Crippen molar-refractivity contribution in [1.29, 1.82) is 0 Å². The van der Waals surface area contributed by atoms with Crippen molar-refractivity contribution in [3.63, 3.8) is 0 Å². The molecule has 0 aromatic heterocycles. The maximum atomic E-state index is 12.3. The molecule has 3 nitrogen and oxygen atoms in total. The second-order valence-electron chi connectivity index (χ2n) is 5.93. The number of alkyl halides is 1. The fraction of sp³-hybridized carbons (Fsp3) is 1.00. The van der Waals surface area contributed by atoms with E-state index in [1.54, 1.807) is 0 Å². The standard InChI is InChI=1S/C17H36ClO3P/c1-3-5-7-9-11-13-15-20-22(19,17-18)21-16-14-12-10-8-6-4-2/h3-17H2,1-2H3. The predicted octanol–water partition coefficient (Wildman–Crippen LogP) is 7.13. The first kappa shape index (κ1) is 22.4. The minimum Gasteiger partial charge on any atom is -0.308 e. The Morgan fingerprint density at radius 3 is 1.41 bits per heavy atom. The van der Waals surface area contributed by atoms with E-state index in [2.05, 4.69) is 13.8 Å². The lowest BCUT2D eigenvalue weighted by Crippen LogP contribution is -2.01. The highest BCUT2D eigenvalue weighted by atomic mass is 35.5. The molecule has 0 aromatic rings. The molecular formula is C17H36ClO3P. The van der Waals surface area contributed by atoms with Gasteiger partial charge in [0.1, 0.15) is 5.62 Å². The van der Waals surface area contributed by atoms with Crippen LogP contribution in [0.3, 0.4) is 0 Å². The molecule has 0 spiro atoms. The Morgan fingerprint density at radius 2 is 1.05 bits per heavy atom. The third-order valence-electron chi connectivity index (χ3n) is 3.72. The van der Waals surface area contributed by atoms with Gasteiger partial charge < -0.3 is 9.05 Å². The Morgan fingerprint density at radius 1 is 0.682 bits per heavy atom. The molecule has 0 aliphatic rings. The lowest BCUT2D eigenvalue weighted by molar-refractivity contribution is 0.201. The molecule has 0 aliphatic carbocycles. The summed E-state index contributed by atoms with van der Waals surface area (Å²) < 4.78 is 23.1. The van der Waals surface area contributed by atoms with Gasteiger partial charge in [-0.2, -0.15) is 0 Å². The van der Waals surface area contributed by atoms with Gasteiger partial charge in [-0.1, -0.05) is 78.1 Å². The molecule has 5 heteroatoms. The molecule has 0 rings (SSSR count). The summed E-state index contributed by atoms with van der Waals surface area (Å²) in [5.41, 5.74) is -0.0430. The molecule has 134 valence electrons. The van der Waals surface area contributed by atoms with Crippen molar-refractivity contribution in [3.05, 3.63) is 0 Å². The van der Waals surface area contributed by atoms with Crippen molar-refractivity contribution in [2.45, 2.75) is 90.9 Å². The summed E-state index contributed by atoms with van der Waals surface area (Å²) in [5.74, 6) is 0. The van der Waals surface area contributed by atoms with Crippen LogP contribution in [0.2, 0.25) is 0 Å². The normalized spacial score (nSPS) is 12.0. The average molecular weight is 355 g/mol. The van der Waals surface area contributed by atoms with Crippen LogP contribution in [-0.2, 0) is 13.6 Å². The summed E-state index contributed by atoms with van der Waals surface area (Å²) >= 11 is 5.76. The Labute approximate surface area is 143 Å². The van der Waals surface area contributed by atoms with E-state index >= 15 is 0 Å². The minimum atomic E-state index is -3.06. The Kier molecular flexibility index (Phi) is 16.6. The van der Waals surface area contributed by atoms with E-state index in [0.29, 0.717) is 13.2 Å². The summed E-state index contributed by atoms with van der Waals surface area (Å²) in [7, 11) is -3.06. The van der Waals surface area contributed by atoms with E-state index in [4.69, 9.17) is 20.6 Å². The van der Waals surface area contributed by atoms with Gasteiger partial charge >= 0.3 is 7.60 Å². The van der Waals surface area contributed by atoms with Crippen molar-refractivity contribution in [1.82, 2.24) is 0 Å². The van der Waals surface area contributed by atoms with Gasteiger partial charge in [0.05, 0.1) is 13.2 Å². The van der Waals surface area contributed by atoms with Gasteiger partial charge in [-0.15, -0.1) is 11.6 Å². The summed E-state index contributed by atoms with van der Waals surface area (Å²) in [6.45, 7) is 5.40. The molecule has 0 N–H and O–H groups in total. The van der Waals surface area contributed by atoms with Crippen molar-refractivity contribution >= 4 is 19.2 Å². The van der Waals surface area contributed by atoms with Gasteiger partial charge in [0, 0.05) is 0 Å². The molecule has 0 bridgehead atoms. The number of hydrogen-bond acceptors (Lipinski definition) is 3. The number of unbranched alkanes of at least 4 members (excludes halogenated alkanes) is 10. The van der Waals surface area contributed by atoms with Gasteiger partial charge in [0.2, 0.25) is 0 Å². The van der Waals surface area contributed by atoms with Crippen LogP contribution in [0.1, 0.15) is 90.9 Å². The molecule has 0 saturated heterocycles. The number of rotatable bonds is 17. The fourth-order valence-electron chi connectivity index (χ4n) is 2.28. The minimum absolute atomic E-state index is 0.0430. The topological polar surface area (TPSA) is 35.5 Å². The molecule has 0 atom stereocenters. The van der Waals surface area contributed by atoms with Gasteiger partial charge in [-0.05, 0) is 12.8 Å². The van der Waals surface area contributed by atoms with Crippen LogP contribution in [0.15, 0.2) is 0 Å². The Balaban J connectivity index is 3.57. The number of hydrogen-bond donors (Lipinski definition) is 0. The molecule has 0 radical (unpaired) electrons. The van der Waals surface area contributed by atoms with E-state index in [0.717, 1.165) is 25.7 Å². The average Bonchev–Trinajstić information content (AvgIpc) is 2.53. The first-order valence-electron chi connectivity index (χ1n) is 9.12. The Hall–Kier alpha value is 0.440. The molecule has 22 heavy (non-hydrogen) atoms. The zero-order valence-corrected chi connectivity index (χ0v) is 16.3. The molecule has 0 aromatic carbocycles. The Bertz CT molecular complexity index is 253. The van der Waals surface area contributed by atoms with Crippen molar-refractivity contribution in [2.24, 2.45) is 0 Å². The van der Waals surface area contributed by atoms with E-state index < -0.39 is 7.60 Å². The third-order valence-corrected chi connectivity index (χ3v) is 6.04. The predicted molar refractivity (Wildman–Crippen MR) is 97.0 cm³/mol. The SMILES string of the molecule is CCCCCCCCOP(=O)(CCl)OCCCCCCCC.